The van der Waals surface area contributed by atoms with Crippen LogP contribution in [-0.2, 0) is 9.59 Å². The molecule has 5 nitrogen and oxygen atoms in total. The van der Waals surface area contributed by atoms with Crippen molar-refractivity contribution < 1.29 is 14.7 Å². The molecule has 0 aromatic heterocycles. The van der Waals surface area contributed by atoms with Gasteiger partial charge in [0.15, 0.2) is 0 Å². The van der Waals surface area contributed by atoms with E-state index in [2.05, 4.69) is 5.32 Å². The molecular formula is C11H18N2O3. The van der Waals surface area contributed by atoms with Crippen LogP contribution in [0.25, 0.3) is 0 Å². The summed E-state index contributed by atoms with van der Waals surface area (Å²) in [6, 6.07) is 0.0148. The predicted octanol–water partition coefficient (Wildman–Crippen LogP) is 0.204. The van der Waals surface area contributed by atoms with Crippen molar-refractivity contribution in [3.8, 4) is 0 Å². The van der Waals surface area contributed by atoms with Gasteiger partial charge >= 0.3 is 5.97 Å². The fraction of sp³-hybridized carbons (Fsp3) is 0.818. The molecule has 5 heteroatoms. The second-order valence-electron chi connectivity index (χ2n) is 4.59. The summed E-state index contributed by atoms with van der Waals surface area (Å²) in [6.45, 7) is 0.712. The number of carbonyl (C=O) groups excluding carboxylic acids is 1. The molecule has 1 aliphatic carbocycles. The third kappa shape index (κ3) is 2.72. The van der Waals surface area contributed by atoms with Crippen molar-refractivity contribution in [3.63, 3.8) is 0 Å². The van der Waals surface area contributed by atoms with Gasteiger partial charge in [-0.05, 0) is 32.2 Å². The van der Waals surface area contributed by atoms with Crippen LogP contribution < -0.4 is 5.32 Å². The van der Waals surface area contributed by atoms with Gasteiger partial charge < -0.3 is 15.3 Å². The summed E-state index contributed by atoms with van der Waals surface area (Å²) in [7, 11) is 0. The second kappa shape index (κ2) is 4.82. The molecule has 0 bridgehead atoms. The van der Waals surface area contributed by atoms with Gasteiger partial charge in [-0.2, -0.15) is 0 Å². The lowest BCUT2D eigenvalue weighted by atomic mass is 10.0. The molecule has 0 aromatic carbocycles. The molecule has 2 rings (SSSR count). The monoisotopic (exact) mass is 226 g/mol. The fourth-order valence-corrected chi connectivity index (χ4v) is 2.18. The molecule has 90 valence electrons. The third-order valence-electron chi connectivity index (χ3n) is 3.18. The van der Waals surface area contributed by atoms with Crippen molar-refractivity contribution in [1.82, 2.24) is 10.2 Å². The number of rotatable bonds is 4. The van der Waals surface area contributed by atoms with Crippen LogP contribution in [0.5, 0.6) is 0 Å². The first-order valence-electron chi connectivity index (χ1n) is 5.94. The van der Waals surface area contributed by atoms with Gasteiger partial charge in [-0.15, -0.1) is 0 Å². The van der Waals surface area contributed by atoms with Crippen molar-refractivity contribution >= 4 is 11.9 Å². The normalized spacial score (nSPS) is 25.1. The molecule has 1 amide bonds. The highest BCUT2D eigenvalue weighted by Gasteiger charge is 2.37. The summed E-state index contributed by atoms with van der Waals surface area (Å²) in [5.74, 6) is -0.944. The highest BCUT2D eigenvalue weighted by molar-refractivity contribution is 5.86. The van der Waals surface area contributed by atoms with E-state index >= 15 is 0 Å². The number of amides is 1. The van der Waals surface area contributed by atoms with Gasteiger partial charge in [0.1, 0.15) is 6.54 Å². The number of carboxylic acids is 1. The van der Waals surface area contributed by atoms with Gasteiger partial charge in [-0.25, -0.2) is 0 Å². The molecule has 1 aliphatic heterocycles. The Morgan fingerprint density at radius 2 is 2.00 bits per heavy atom. The topological polar surface area (TPSA) is 69.6 Å². The minimum atomic E-state index is -0.920. The van der Waals surface area contributed by atoms with Gasteiger partial charge in [0.05, 0.1) is 6.04 Å². The minimum Gasteiger partial charge on any atom is -0.480 e. The Hall–Kier alpha value is -1.10. The van der Waals surface area contributed by atoms with E-state index in [4.69, 9.17) is 5.11 Å². The number of aliphatic carboxylic acids is 1. The molecule has 1 atom stereocenters. The Morgan fingerprint density at radius 3 is 2.50 bits per heavy atom. The van der Waals surface area contributed by atoms with E-state index in [1.807, 2.05) is 0 Å². The molecule has 16 heavy (non-hydrogen) atoms. The number of piperidine rings is 1. The summed E-state index contributed by atoms with van der Waals surface area (Å²) in [5, 5.41) is 12.0. The first-order valence-corrected chi connectivity index (χ1v) is 5.94. The quantitative estimate of drug-likeness (QED) is 0.718. The van der Waals surface area contributed by atoms with Gasteiger partial charge in [0.25, 0.3) is 0 Å². The fourth-order valence-electron chi connectivity index (χ4n) is 2.18. The number of nitrogens with zero attached hydrogens (tertiary/aromatic N) is 1. The standard InChI is InChI=1S/C11H18N2O3/c14-10(15)7-13(8-4-5-8)11(16)9-3-1-2-6-12-9/h8-9,12H,1-7H2,(H,14,15). The number of hydrogen-bond acceptors (Lipinski definition) is 3. The Labute approximate surface area is 94.8 Å². The zero-order valence-corrected chi connectivity index (χ0v) is 9.32. The summed E-state index contributed by atoms with van der Waals surface area (Å²) < 4.78 is 0. The number of nitrogens with one attached hydrogen (secondary N) is 1. The van der Waals surface area contributed by atoms with E-state index in [0.29, 0.717) is 0 Å². The average molecular weight is 226 g/mol. The van der Waals surface area contributed by atoms with Crippen LogP contribution in [0.3, 0.4) is 0 Å². The minimum absolute atomic E-state index is 0.0235. The van der Waals surface area contributed by atoms with Gasteiger partial charge in [0.2, 0.25) is 5.91 Å². The van der Waals surface area contributed by atoms with Crippen LogP contribution in [0.4, 0.5) is 0 Å². The maximum atomic E-state index is 12.1. The van der Waals surface area contributed by atoms with Crippen LogP contribution in [0.1, 0.15) is 32.1 Å². The number of hydrogen-bond donors (Lipinski definition) is 2. The Balaban J connectivity index is 1.95. The molecule has 2 fully saturated rings. The summed E-state index contributed by atoms with van der Waals surface area (Å²) >= 11 is 0. The molecule has 1 saturated carbocycles. The smallest absolute Gasteiger partial charge is 0.323 e. The first-order chi connectivity index (χ1) is 7.68. The lowest BCUT2D eigenvalue weighted by molar-refractivity contribution is -0.146. The van der Waals surface area contributed by atoms with E-state index in [9.17, 15) is 9.59 Å². The van der Waals surface area contributed by atoms with Crippen molar-refractivity contribution in [2.45, 2.75) is 44.2 Å². The van der Waals surface area contributed by atoms with E-state index in [0.717, 1.165) is 38.6 Å². The van der Waals surface area contributed by atoms with Crippen LogP contribution in [0, 0.1) is 0 Å². The van der Waals surface area contributed by atoms with Crippen molar-refractivity contribution in [1.29, 1.82) is 0 Å². The maximum Gasteiger partial charge on any atom is 0.323 e. The highest BCUT2D eigenvalue weighted by Crippen LogP contribution is 2.27. The molecular weight excluding hydrogens is 208 g/mol. The molecule has 0 spiro atoms. The van der Waals surface area contributed by atoms with E-state index in [-0.39, 0.29) is 24.5 Å². The zero-order chi connectivity index (χ0) is 11.5. The Bertz CT molecular complexity index is 283. The van der Waals surface area contributed by atoms with Gasteiger partial charge in [0, 0.05) is 6.04 Å². The molecule has 1 saturated heterocycles. The van der Waals surface area contributed by atoms with Crippen LogP contribution in [0.15, 0.2) is 0 Å². The summed E-state index contributed by atoms with van der Waals surface area (Å²) in [4.78, 5) is 24.4. The van der Waals surface area contributed by atoms with Crippen LogP contribution >= 0.6 is 0 Å². The number of carbonyl (C=O) groups is 2. The Morgan fingerprint density at radius 1 is 1.25 bits per heavy atom. The van der Waals surface area contributed by atoms with E-state index in [1.165, 1.54) is 4.90 Å². The van der Waals surface area contributed by atoms with E-state index in [1.54, 1.807) is 0 Å². The molecule has 2 aliphatic rings. The van der Waals surface area contributed by atoms with Gasteiger partial charge in [-0.3, -0.25) is 9.59 Å². The van der Waals surface area contributed by atoms with Crippen LogP contribution in [0.2, 0.25) is 0 Å². The number of carboxylic acid groups (broad SMARTS) is 1. The predicted molar refractivity (Wildman–Crippen MR) is 58.0 cm³/mol. The summed E-state index contributed by atoms with van der Waals surface area (Å²) in [6.07, 6.45) is 4.89. The van der Waals surface area contributed by atoms with Gasteiger partial charge in [-0.1, -0.05) is 6.42 Å². The largest absolute Gasteiger partial charge is 0.480 e. The Kier molecular flexibility index (Phi) is 3.43. The third-order valence-corrected chi connectivity index (χ3v) is 3.18. The molecule has 1 heterocycles. The highest BCUT2D eigenvalue weighted by atomic mass is 16.4. The second-order valence-corrected chi connectivity index (χ2v) is 4.59. The van der Waals surface area contributed by atoms with Crippen molar-refractivity contribution in [2.75, 3.05) is 13.1 Å². The lowest BCUT2D eigenvalue weighted by Crippen LogP contribution is -2.50. The van der Waals surface area contributed by atoms with Crippen molar-refractivity contribution in [2.24, 2.45) is 0 Å². The van der Waals surface area contributed by atoms with Crippen molar-refractivity contribution in [3.05, 3.63) is 0 Å². The summed E-state index contributed by atoms with van der Waals surface area (Å²) in [5.41, 5.74) is 0. The molecule has 2 N–H and O–H groups in total. The lowest BCUT2D eigenvalue weighted by Gasteiger charge is -2.29. The zero-order valence-electron chi connectivity index (χ0n) is 9.32. The molecule has 0 aromatic rings. The molecule has 0 radical (unpaired) electrons. The average Bonchev–Trinajstić information content (AvgIpc) is 3.10. The molecule has 1 unspecified atom stereocenters. The maximum absolute atomic E-state index is 12.1. The van der Waals surface area contributed by atoms with Crippen LogP contribution in [-0.4, -0.2) is 47.1 Å². The first kappa shape index (κ1) is 11.4. The van der Waals surface area contributed by atoms with E-state index < -0.39 is 5.97 Å². The SMILES string of the molecule is O=C(O)CN(C(=O)C1CCCCN1)C1CC1.